The first kappa shape index (κ1) is 50.2. The van der Waals surface area contributed by atoms with Gasteiger partial charge in [-0.1, -0.05) is 0 Å². The summed E-state index contributed by atoms with van der Waals surface area (Å²) in [6, 6.07) is 118. The van der Waals surface area contributed by atoms with E-state index < -0.39 is 0 Å². The zero-order valence-corrected chi connectivity index (χ0v) is 48.2. The van der Waals surface area contributed by atoms with E-state index >= 15 is 0 Å². The van der Waals surface area contributed by atoms with Gasteiger partial charge in [0.25, 0.3) is 0 Å². The van der Waals surface area contributed by atoms with E-state index in [1.54, 1.807) is 0 Å². The summed E-state index contributed by atoms with van der Waals surface area (Å²) >= 11 is 3.00. The van der Waals surface area contributed by atoms with Crippen LogP contribution in [0.3, 0.4) is 0 Å². The Kier molecular flexibility index (Phi) is 12.4. The number of benzene rings is 13. The fourth-order valence-corrected chi connectivity index (χ4v) is 14.0. The summed E-state index contributed by atoms with van der Waals surface area (Å²) in [4.78, 5) is 9.98. The van der Waals surface area contributed by atoms with Gasteiger partial charge in [-0.2, -0.15) is 0 Å². The Bertz CT molecular complexity index is 4710. The van der Waals surface area contributed by atoms with Crippen molar-refractivity contribution in [2.75, 3.05) is 19.6 Å². The summed E-state index contributed by atoms with van der Waals surface area (Å²) in [5, 5.41) is 2.48. The molecule has 0 aliphatic carbocycles. The van der Waals surface area contributed by atoms with Crippen molar-refractivity contribution in [1.82, 2.24) is 4.57 Å². The normalized spacial score (nSPS) is 12.2. The molecule has 16 rings (SSSR count). The molecule has 85 heavy (non-hydrogen) atoms. The Hall–Kier alpha value is -10.6. The molecule has 2 aliphatic heterocycles. The Morgan fingerprint density at radius 1 is 0.294 bits per heavy atom. The Balaban J connectivity index is 0.986. The third kappa shape index (κ3) is 8.46. The minimum absolute atomic E-state index is 0.178. The van der Waals surface area contributed by atoms with Gasteiger partial charge in [0.2, 0.25) is 0 Å². The van der Waals surface area contributed by atoms with E-state index in [2.05, 4.69) is 362 Å². The van der Waals surface area contributed by atoms with Crippen molar-refractivity contribution >= 4 is 134 Å². The second kappa shape index (κ2) is 21.0. The molecule has 0 atom stereocenters. The van der Waals surface area contributed by atoms with Gasteiger partial charge in [0, 0.05) is 0 Å². The monoisotopic (exact) mass is 1150 g/mol. The van der Waals surface area contributed by atoms with Gasteiger partial charge in [0.15, 0.2) is 0 Å². The predicted molar refractivity (Wildman–Crippen MR) is 362 cm³/mol. The molecule has 0 saturated carbocycles. The van der Waals surface area contributed by atoms with Crippen LogP contribution in [0.25, 0.3) is 49.7 Å². The van der Waals surface area contributed by atoms with Crippen LogP contribution in [0.2, 0.25) is 0 Å². The number of hydrogen-bond acceptors (Lipinski definition) is 4. The van der Waals surface area contributed by atoms with Gasteiger partial charge in [0.1, 0.15) is 0 Å². The Morgan fingerprint density at radius 2 is 0.776 bits per heavy atom. The first-order valence-electron chi connectivity index (χ1n) is 29.0. The Labute approximate surface area is 504 Å². The summed E-state index contributed by atoms with van der Waals surface area (Å²) in [5.41, 5.74) is 24.8. The number of rotatable bonds is 11. The van der Waals surface area contributed by atoms with Gasteiger partial charge in [-0.05, 0) is 0 Å². The molecule has 2 aliphatic rings. The molecule has 1 aromatic heterocycles. The van der Waals surface area contributed by atoms with Crippen LogP contribution in [0.4, 0.5) is 68.2 Å². The van der Waals surface area contributed by atoms with Crippen molar-refractivity contribution < 1.29 is 0 Å². The van der Waals surface area contributed by atoms with Crippen LogP contribution in [0.5, 0.6) is 0 Å². The molecular weight excluding hydrogens is 1100 g/mol. The number of para-hydroxylation sites is 8. The van der Waals surface area contributed by atoms with Gasteiger partial charge < -0.3 is 0 Å². The molecular formula is C78H54BN5Se. The first-order valence-corrected chi connectivity index (χ1v) is 30.0. The van der Waals surface area contributed by atoms with Gasteiger partial charge in [0.05, 0.1) is 0 Å². The molecule has 0 spiro atoms. The predicted octanol–water partition coefficient (Wildman–Crippen LogP) is 17.7. The topological polar surface area (TPSA) is 17.9 Å². The first-order chi connectivity index (χ1) is 42.1. The zero-order valence-electron chi connectivity index (χ0n) is 46.4. The second-order valence-corrected chi connectivity index (χ2v) is 22.8. The molecule has 14 aromatic rings. The SMILES string of the molecule is [SeH]c1cc2c(cc1N(c1ccc(-n3c4ccccc4c4ccccc43)cc1)c1ccccc1-c1ccccc1)B1c3ccccc3N(c3ccccc3)c3cc(N(c4ccccc4)c4ccccc4)cc(c31)N2c1ccccc1-c1ccccc1. The van der Waals surface area contributed by atoms with Crippen molar-refractivity contribution in [2.45, 2.75) is 0 Å². The van der Waals surface area contributed by atoms with E-state index in [1.807, 2.05) is 0 Å². The molecule has 3 heterocycles. The van der Waals surface area contributed by atoms with Crippen molar-refractivity contribution in [3.05, 3.63) is 322 Å². The maximum atomic E-state index is 3.00. The Morgan fingerprint density at radius 3 is 1.41 bits per heavy atom. The molecule has 0 bridgehead atoms. The molecule has 5 nitrogen and oxygen atoms in total. The minimum atomic E-state index is -0.178. The number of nitrogens with zero attached hydrogens (tertiary/aromatic N) is 5. The average molecular weight is 1150 g/mol. The summed E-state index contributed by atoms with van der Waals surface area (Å²) in [6.45, 7) is -0.178. The zero-order chi connectivity index (χ0) is 56.4. The molecule has 400 valence electrons. The summed E-state index contributed by atoms with van der Waals surface area (Å²) in [6.07, 6.45) is 0. The number of aromatic nitrogens is 1. The van der Waals surface area contributed by atoms with Crippen LogP contribution in [0.15, 0.2) is 322 Å². The van der Waals surface area contributed by atoms with Crippen LogP contribution in [0, 0.1) is 0 Å². The van der Waals surface area contributed by atoms with Crippen molar-refractivity contribution in [3.63, 3.8) is 0 Å². The van der Waals surface area contributed by atoms with E-state index in [4.69, 9.17) is 0 Å². The third-order valence-electron chi connectivity index (χ3n) is 17.0. The molecule has 13 aromatic carbocycles. The summed E-state index contributed by atoms with van der Waals surface area (Å²) < 4.78 is 3.48. The molecule has 7 heteroatoms. The third-order valence-corrected chi connectivity index (χ3v) is 17.8. The van der Waals surface area contributed by atoms with Crippen molar-refractivity contribution in [2.24, 2.45) is 0 Å². The van der Waals surface area contributed by atoms with Crippen LogP contribution in [-0.4, -0.2) is 27.3 Å². The van der Waals surface area contributed by atoms with Crippen LogP contribution in [0.1, 0.15) is 0 Å². The van der Waals surface area contributed by atoms with Gasteiger partial charge in [-0.3, -0.25) is 0 Å². The average Bonchev–Trinajstić information content (AvgIpc) is 1.45. The number of anilines is 12. The molecule has 0 unspecified atom stereocenters. The summed E-state index contributed by atoms with van der Waals surface area (Å²) in [5.74, 6) is 0. The number of hydrogen-bond donors (Lipinski definition) is 0. The summed E-state index contributed by atoms with van der Waals surface area (Å²) in [7, 11) is 0. The van der Waals surface area contributed by atoms with Gasteiger partial charge >= 0.3 is 507 Å². The van der Waals surface area contributed by atoms with Crippen molar-refractivity contribution in [3.8, 4) is 27.9 Å². The van der Waals surface area contributed by atoms with E-state index in [0.717, 1.165) is 101 Å². The second-order valence-electron chi connectivity index (χ2n) is 21.8. The van der Waals surface area contributed by atoms with Crippen molar-refractivity contribution in [1.29, 1.82) is 0 Å². The van der Waals surface area contributed by atoms with Gasteiger partial charge in [-0.25, -0.2) is 0 Å². The van der Waals surface area contributed by atoms with Gasteiger partial charge in [-0.15, -0.1) is 0 Å². The molecule has 0 radical (unpaired) electrons. The van der Waals surface area contributed by atoms with Crippen LogP contribution in [-0.2, 0) is 0 Å². The standard InChI is InChI=1S/C78H54BN5Se/c85-77-53-73-67(52-74(77)82(68-41-21-16-36-62(68)54-26-6-1-7-27-54)60-48-46-59(47-49-60)81-70-43-23-18-38-64(70)65-39-19-24-44-71(65)81)79-66-40-20-25-45-72(66)83(58-34-14-5-15-35-58)75-50-61(80(56-30-10-3-11-31-56)57-32-12-4-13-33-57)51-76(78(75)79)84(73)69-42-22-17-37-63(69)55-28-8-2-9-29-55/h1-53,85H. The molecule has 0 N–H and O–H groups in total. The van der Waals surface area contributed by atoms with E-state index in [1.165, 1.54) is 38.2 Å². The van der Waals surface area contributed by atoms with E-state index in [0.29, 0.717) is 0 Å². The molecule has 0 fully saturated rings. The van der Waals surface area contributed by atoms with Crippen LogP contribution >= 0.6 is 0 Å². The number of fused-ring (bicyclic) bond motifs is 7. The quantitative estimate of drug-likeness (QED) is 0.120. The van der Waals surface area contributed by atoms with E-state index in [9.17, 15) is 0 Å². The van der Waals surface area contributed by atoms with Crippen LogP contribution < -0.4 is 40.4 Å². The fraction of sp³-hybridized carbons (Fsp3) is 0. The maximum absolute atomic E-state index is 3.00. The molecule has 0 amide bonds. The molecule has 0 saturated heterocycles. The fourth-order valence-electron chi connectivity index (χ4n) is 13.4. The van der Waals surface area contributed by atoms with E-state index in [-0.39, 0.29) is 6.71 Å².